The summed E-state index contributed by atoms with van der Waals surface area (Å²) in [4.78, 5) is 7.68. The Bertz CT molecular complexity index is 214. The fourth-order valence-electron chi connectivity index (χ4n) is 0.303. The zero-order valence-electron chi connectivity index (χ0n) is 9.08. The van der Waals surface area contributed by atoms with Crippen molar-refractivity contribution in [3.05, 3.63) is 0 Å². The molecule has 0 saturated heterocycles. The molecular formula is C8H12F6O2. The minimum Gasteiger partial charge on any atom is -0.220 e. The van der Waals surface area contributed by atoms with E-state index in [1.54, 1.807) is 0 Å². The van der Waals surface area contributed by atoms with Crippen LogP contribution in [0.2, 0.25) is 0 Å². The third-order valence-corrected chi connectivity index (χ3v) is 1.82. The first-order chi connectivity index (χ1) is 6.71. The maximum absolute atomic E-state index is 12.2. The van der Waals surface area contributed by atoms with Gasteiger partial charge in [0.2, 0.25) is 0 Å². The second-order valence-electron chi connectivity index (χ2n) is 4.18. The van der Waals surface area contributed by atoms with E-state index >= 15 is 0 Å². The largest absolute Gasteiger partial charge is 0.420 e. The Morgan fingerprint density at radius 2 is 0.750 bits per heavy atom. The molecule has 0 bridgehead atoms. The van der Waals surface area contributed by atoms with Crippen molar-refractivity contribution < 1.29 is 36.1 Å². The highest BCUT2D eigenvalue weighted by Gasteiger charge is 2.55. The molecule has 0 aliphatic rings. The molecule has 0 unspecified atom stereocenters. The van der Waals surface area contributed by atoms with E-state index in [0.29, 0.717) is 27.7 Å². The number of rotatable bonds is 3. The maximum atomic E-state index is 12.2. The molecule has 0 heterocycles. The minimum atomic E-state index is -4.82. The zero-order chi connectivity index (χ0) is 13.4. The molecule has 0 rings (SSSR count). The number of hydrogen-bond acceptors (Lipinski definition) is 2. The lowest BCUT2D eigenvalue weighted by Gasteiger charge is -2.32. The summed E-state index contributed by atoms with van der Waals surface area (Å²) in [6, 6.07) is 0. The van der Waals surface area contributed by atoms with Crippen LogP contribution in [-0.2, 0) is 9.78 Å². The normalized spacial score (nSPS) is 15.4. The first-order valence-corrected chi connectivity index (χ1v) is 4.21. The van der Waals surface area contributed by atoms with Gasteiger partial charge < -0.3 is 0 Å². The van der Waals surface area contributed by atoms with Crippen molar-refractivity contribution in [3.63, 3.8) is 0 Å². The predicted octanol–water partition coefficient (Wildman–Crippen LogP) is 3.62. The Hall–Kier alpha value is -0.500. The molecule has 16 heavy (non-hydrogen) atoms. The standard InChI is InChI=1S/C8H12F6O2/c1-5(2,7(9,10)11)15-16-6(3,4)8(12,13)14/h1-4H3. The average Bonchev–Trinajstić information content (AvgIpc) is 1.97. The van der Waals surface area contributed by atoms with Crippen molar-refractivity contribution in [1.82, 2.24) is 0 Å². The van der Waals surface area contributed by atoms with E-state index in [0.717, 1.165) is 0 Å². The Kier molecular flexibility index (Phi) is 3.94. The highest BCUT2D eigenvalue weighted by atomic mass is 19.4. The molecule has 0 atom stereocenters. The van der Waals surface area contributed by atoms with Crippen molar-refractivity contribution in [3.8, 4) is 0 Å². The van der Waals surface area contributed by atoms with Crippen molar-refractivity contribution in [1.29, 1.82) is 0 Å². The monoisotopic (exact) mass is 254 g/mol. The maximum Gasteiger partial charge on any atom is 0.420 e. The van der Waals surface area contributed by atoms with Crippen LogP contribution < -0.4 is 0 Å². The van der Waals surface area contributed by atoms with Gasteiger partial charge in [-0.15, -0.1) is 0 Å². The minimum absolute atomic E-state index is 0.569. The third-order valence-electron chi connectivity index (χ3n) is 1.82. The van der Waals surface area contributed by atoms with Crippen molar-refractivity contribution in [2.45, 2.75) is 51.2 Å². The summed E-state index contributed by atoms with van der Waals surface area (Å²) in [5.74, 6) is 0. The van der Waals surface area contributed by atoms with E-state index in [4.69, 9.17) is 0 Å². The quantitative estimate of drug-likeness (QED) is 0.435. The summed E-state index contributed by atoms with van der Waals surface area (Å²) in [6.45, 7) is 2.28. The van der Waals surface area contributed by atoms with E-state index < -0.39 is 23.6 Å². The van der Waals surface area contributed by atoms with Crippen molar-refractivity contribution in [2.75, 3.05) is 0 Å². The van der Waals surface area contributed by atoms with Gasteiger partial charge in [0, 0.05) is 0 Å². The van der Waals surface area contributed by atoms with E-state index in [1.165, 1.54) is 0 Å². The number of halogens is 6. The van der Waals surface area contributed by atoms with Crippen LogP contribution in [0.4, 0.5) is 26.3 Å². The smallest absolute Gasteiger partial charge is 0.220 e. The molecule has 0 radical (unpaired) electrons. The Morgan fingerprint density at radius 1 is 0.562 bits per heavy atom. The summed E-state index contributed by atoms with van der Waals surface area (Å²) >= 11 is 0. The molecule has 0 aliphatic carbocycles. The molecule has 0 aromatic carbocycles. The van der Waals surface area contributed by atoms with Gasteiger partial charge in [0.1, 0.15) is 0 Å². The first-order valence-electron chi connectivity index (χ1n) is 4.21. The van der Waals surface area contributed by atoms with Gasteiger partial charge >= 0.3 is 12.4 Å². The van der Waals surface area contributed by atoms with Crippen LogP contribution >= 0.6 is 0 Å². The molecule has 0 aromatic heterocycles. The molecular weight excluding hydrogens is 242 g/mol. The highest BCUT2D eigenvalue weighted by Crippen LogP contribution is 2.38. The topological polar surface area (TPSA) is 18.5 Å². The molecule has 98 valence electrons. The summed E-state index contributed by atoms with van der Waals surface area (Å²) in [7, 11) is 0. The molecule has 2 nitrogen and oxygen atoms in total. The van der Waals surface area contributed by atoms with Gasteiger partial charge in [0.25, 0.3) is 0 Å². The summed E-state index contributed by atoms with van der Waals surface area (Å²) in [5.41, 5.74) is -5.62. The van der Waals surface area contributed by atoms with Gasteiger partial charge in [-0.05, 0) is 27.7 Å². The fraction of sp³-hybridized carbons (Fsp3) is 1.00. The van der Waals surface area contributed by atoms with Crippen LogP contribution in [0.1, 0.15) is 27.7 Å². The van der Waals surface area contributed by atoms with E-state index in [-0.39, 0.29) is 0 Å². The van der Waals surface area contributed by atoms with Crippen molar-refractivity contribution >= 4 is 0 Å². The molecule has 0 aliphatic heterocycles. The van der Waals surface area contributed by atoms with Crippen LogP contribution in [0.25, 0.3) is 0 Å². The van der Waals surface area contributed by atoms with Crippen LogP contribution in [0, 0.1) is 0 Å². The van der Waals surface area contributed by atoms with E-state index in [9.17, 15) is 26.3 Å². The van der Waals surface area contributed by atoms with Gasteiger partial charge in [-0.1, -0.05) is 0 Å². The first kappa shape index (κ1) is 15.5. The van der Waals surface area contributed by atoms with Gasteiger partial charge in [-0.3, -0.25) is 0 Å². The summed E-state index contributed by atoms with van der Waals surface area (Å²) < 4.78 is 73.3. The Morgan fingerprint density at radius 3 is 0.875 bits per heavy atom. The SMILES string of the molecule is CC(C)(OOC(C)(C)C(F)(F)F)C(F)(F)F. The molecule has 0 fully saturated rings. The average molecular weight is 254 g/mol. The summed E-state index contributed by atoms with van der Waals surface area (Å²) in [5, 5.41) is 0. The van der Waals surface area contributed by atoms with Crippen LogP contribution in [0.5, 0.6) is 0 Å². The second-order valence-corrected chi connectivity index (χ2v) is 4.18. The molecule has 0 saturated carbocycles. The van der Waals surface area contributed by atoms with E-state index in [1.807, 2.05) is 0 Å². The van der Waals surface area contributed by atoms with Gasteiger partial charge in [0.05, 0.1) is 0 Å². The van der Waals surface area contributed by atoms with Crippen LogP contribution in [-0.4, -0.2) is 23.6 Å². The lowest BCUT2D eigenvalue weighted by atomic mass is 10.1. The number of alkyl halides is 6. The highest BCUT2D eigenvalue weighted by molar-refractivity contribution is 4.79. The second kappa shape index (κ2) is 4.06. The van der Waals surface area contributed by atoms with Crippen LogP contribution in [0.15, 0.2) is 0 Å². The van der Waals surface area contributed by atoms with Gasteiger partial charge in [-0.25, -0.2) is 9.78 Å². The molecule has 0 amide bonds. The van der Waals surface area contributed by atoms with Crippen molar-refractivity contribution in [2.24, 2.45) is 0 Å². The Labute approximate surface area is 88.4 Å². The molecule has 0 N–H and O–H groups in total. The Balaban J connectivity index is 4.59. The lowest BCUT2D eigenvalue weighted by molar-refractivity contribution is -0.476. The third kappa shape index (κ3) is 3.51. The predicted molar refractivity (Wildman–Crippen MR) is 42.4 cm³/mol. The van der Waals surface area contributed by atoms with Gasteiger partial charge in [-0.2, -0.15) is 26.3 Å². The zero-order valence-corrected chi connectivity index (χ0v) is 9.08. The summed E-state index contributed by atoms with van der Waals surface area (Å²) in [6.07, 6.45) is -9.65. The molecule has 0 aromatic rings. The lowest BCUT2D eigenvalue weighted by Crippen LogP contribution is -2.48. The fourth-order valence-corrected chi connectivity index (χ4v) is 0.303. The molecule has 8 heteroatoms. The molecule has 0 spiro atoms. The number of hydrogen-bond donors (Lipinski definition) is 0. The van der Waals surface area contributed by atoms with Crippen LogP contribution in [0.3, 0.4) is 0 Å². The van der Waals surface area contributed by atoms with Gasteiger partial charge in [0.15, 0.2) is 11.2 Å². The van der Waals surface area contributed by atoms with E-state index in [2.05, 4.69) is 9.78 Å².